The van der Waals surface area contributed by atoms with E-state index in [0.29, 0.717) is 0 Å². The largest absolute Gasteiger partial charge is 0.265 e. The van der Waals surface area contributed by atoms with Gasteiger partial charge < -0.3 is 0 Å². The lowest BCUT2D eigenvalue weighted by atomic mass is 10.3. The molecule has 0 bridgehead atoms. The predicted octanol–water partition coefficient (Wildman–Crippen LogP) is 3.37. The summed E-state index contributed by atoms with van der Waals surface area (Å²) in [5.41, 5.74) is 2.29. The Morgan fingerprint density at radius 2 is 1.12 bits per heavy atom. The van der Waals surface area contributed by atoms with Gasteiger partial charge in [-0.3, -0.25) is 9.97 Å². The summed E-state index contributed by atoms with van der Waals surface area (Å²) >= 11 is 1.73. The Kier molecular flexibility index (Phi) is 2.83. The average molecular weight is 242 g/mol. The van der Waals surface area contributed by atoms with Crippen LogP contribution in [-0.2, 0) is 0 Å². The zero-order valence-electron chi connectivity index (χ0n) is 8.97. The van der Waals surface area contributed by atoms with Crippen molar-refractivity contribution >= 4 is 11.8 Å². The van der Waals surface area contributed by atoms with Gasteiger partial charge in [-0.1, -0.05) is 11.8 Å². The van der Waals surface area contributed by atoms with Gasteiger partial charge in [-0.2, -0.15) is 10.2 Å². The first-order chi connectivity index (χ1) is 8.43. The minimum atomic E-state index is 0.0798. The summed E-state index contributed by atoms with van der Waals surface area (Å²) < 4.78 is 0. The molecule has 0 N–H and O–H groups in total. The van der Waals surface area contributed by atoms with Crippen molar-refractivity contribution in [2.24, 2.45) is 10.2 Å². The topological polar surface area (TPSA) is 50.5 Å². The molecule has 0 saturated carbocycles. The molecule has 2 aromatic rings. The molecule has 17 heavy (non-hydrogen) atoms. The van der Waals surface area contributed by atoms with Crippen LogP contribution in [0.25, 0.3) is 0 Å². The van der Waals surface area contributed by atoms with Gasteiger partial charge in [0.25, 0.3) is 0 Å². The maximum Gasteiger partial charge on any atom is 0.144 e. The molecular weight excluding hydrogens is 232 g/mol. The van der Waals surface area contributed by atoms with Crippen LogP contribution in [0.5, 0.6) is 0 Å². The zero-order valence-corrected chi connectivity index (χ0v) is 9.79. The zero-order chi connectivity index (χ0) is 11.5. The third kappa shape index (κ3) is 2.19. The predicted molar refractivity (Wildman–Crippen MR) is 66.4 cm³/mol. The van der Waals surface area contributed by atoms with E-state index in [9.17, 15) is 0 Å². The van der Waals surface area contributed by atoms with E-state index in [-0.39, 0.29) is 10.7 Å². The highest BCUT2D eigenvalue weighted by molar-refractivity contribution is 7.99. The van der Waals surface area contributed by atoms with Crippen molar-refractivity contribution in [2.45, 2.75) is 10.7 Å². The van der Waals surface area contributed by atoms with Crippen LogP contribution in [0.4, 0.5) is 0 Å². The average Bonchev–Trinajstić information content (AvgIpc) is 2.90. The Balaban J connectivity index is 1.78. The van der Waals surface area contributed by atoms with E-state index in [0.717, 1.165) is 11.1 Å². The van der Waals surface area contributed by atoms with Gasteiger partial charge in [0.2, 0.25) is 0 Å². The number of hydrogen-bond acceptors (Lipinski definition) is 5. The lowest BCUT2D eigenvalue weighted by Gasteiger charge is -2.08. The van der Waals surface area contributed by atoms with Gasteiger partial charge in [-0.05, 0) is 35.4 Å². The van der Waals surface area contributed by atoms with E-state index in [1.54, 1.807) is 36.5 Å². The van der Waals surface area contributed by atoms with Crippen LogP contribution in [-0.4, -0.2) is 9.97 Å². The minimum absolute atomic E-state index is 0.0798. The van der Waals surface area contributed by atoms with Crippen molar-refractivity contribution in [3.63, 3.8) is 0 Å². The smallest absolute Gasteiger partial charge is 0.144 e. The normalized spacial score (nSPS) is 22.8. The molecule has 4 nitrogen and oxygen atoms in total. The van der Waals surface area contributed by atoms with Gasteiger partial charge in [-0.15, -0.1) is 0 Å². The highest BCUT2D eigenvalue weighted by Crippen LogP contribution is 2.47. The fourth-order valence-electron chi connectivity index (χ4n) is 1.64. The van der Waals surface area contributed by atoms with Crippen LogP contribution in [0.3, 0.4) is 0 Å². The Morgan fingerprint density at radius 3 is 1.53 bits per heavy atom. The first-order valence-electron chi connectivity index (χ1n) is 5.29. The molecule has 0 amide bonds. The summed E-state index contributed by atoms with van der Waals surface area (Å²) in [6, 6.07) is 7.91. The van der Waals surface area contributed by atoms with Crippen LogP contribution in [0.15, 0.2) is 59.3 Å². The second-order valence-electron chi connectivity index (χ2n) is 3.63. The minimum Gasteiger partial charge on any atom is -0.265 e. The van der Waals surface area contributed by atoms with E-state index < -0.39 is 0 Å². The third-order valence-electron chi connectivity index (χ3n) is 2.52. The maximum absolute atomic E-state index is 4.30. The number of azo groups is 1. The molecule has 0 spiro atoms. The number of aromatic nitrogens is 2. The van der Waals surface area contributed by atoms with E-state index in [1.807, 2.05) is 24.3 Å². The van der Waals surface area contributed by atoms with Gasteiger partial charge in [0, 0.05) is 24.8 Å². The number of nitrogens with zero attached hydrogens (tertiary/aromatic N) is 4. The SMILES string of the molecule is c1cc(C2N=NC(c3ccncc3)S2)ccn1. The second kappa shape index (κ2) is 4.63. The molecule has 0 saturated heterocycles. The molecule has 2 unspecified atom stereocenters. The molecule has 1 aliphatic heterocycles. The summed E-state index contributed by atoms with van der Waals surface area (Å²) in [7, 11) is 0. The van der Waals surface area contributed by atoms with Crippen LogP contribution >= 0.6 is 11.8 Å². The van der Waals surface area contributed by atoms with Crippen molar-refractivity contribution < 1.29 is 0 Å². The molecule has 1 aliphatic rings. The maximum atomic E-state index is 4.30. The molecule has 5 heteroatoms. The molecule has 84 valence electrons. The van der Waals surface area contributed by atoms with Crippen molar-refractivity contribution in [3.05, 3.63) is 60.2 Å². The molecule has 2 atom stereocenters. The van der Waals surface area contributed by atoms with Gasteiger partial charge in [-0.25, -0.2) is 0 Å². The van der Waals surface area contributed by atoms with Crippen LogP contribution in [0.1, 0.15) is 21.9 Å². The van der Waals surface area contributed by atoms with Crippen molar-refractivity contribution in [1.29, 1.82) is 0 Å². The van der Waals surface area contributed by atoms with Gasteiger partial charge in [0.1, 0.15) is 10.7 Å². The van der Waals surface area contributed by atoms with Crippen LogP contribution in [0, 0.1) is 0 Å². The standard InChI is InChI=1S/C12H10N4S/c1-5-13-6-2-9(1)11-15-16-12(17-11)10-3-7-14-8-4-10/h1-8,11-12H. The molecule has 0 fully saturated rings. The quantitative estimate of drug-likeness (QED) is 0.811. The molecule has 0 aromatic carbocycles. The summed E-state index contributed by atoms with van der Waals surface area (Å²) in [5.74, 6) is 0. The molecule has 0 aliphatic carbocycles. The monoisotopic (exact) mass is 242 g/mol. The van der Waals surface area contributed by atoms with Crippen molar-refractivity contribution in [1.82, 2.24) is 9.97 Å². The van der Waals surface area contributed by atoms with Crippen molar-refractivity contribution in [2.75, 3.05) is 0 Å². The second-order valence-corrected chi connectivity index (χ2v) is 4.80. The Labute approximate surface area is 103 Å². The van der Waals surface area contributed by atoms with Crippen molar-refractivity contribution in [3.8, 4) is 0 Å². The fraction of sp³-hybridized carbons (Fsp3) is 0.167. The van der Waals surface area contributed by atoms with E-state index in [2.05, 4.69) is 20.2 Å². The van der Waals surface area contributed by atoms with E-state index in [4.69, 9.17) is 0 Å². The van der Waals surface area contributed by atoms with E-state index in [1.165, 1.54) is 0 Å². The molecule has 0 radical (unpaired) electrons. The Morgan fingerprint density at radius 1 is 0.706 bits per heavy atom. The lowest BCUT2D eigenvalue weighted by molar-refractivity contribution is 0.882. The highest BCUT2D eigenvalue weighted by Gasteiger charge is 2.25. The van der Waals surface area contributed by atoms with Crippen LogP contribution < -0.4 is 0 Å². The lowest BCUT2D eigenvalue weighted by Crippen LogP contribution is -1.90. The van der Waals surface area contributed by atoms with Crippen LogP contribution in [0.2, 0.25) is 0 Å². The Bertz CT molecular complexity index is 467. The highest BCUT2D eigenvalue weighted by atomic mass is 32.2. The third-order valence-corrected chi connectivity index (χ3v) is 3.77. The number of hydrogen-bond donors (Lipinski definition) is 0. The number of pyridine rings is 2. The summed E-state index contributed by atoms with van der Waals surface area (Å²) in [4.78, 5) is 8.01. The summed E-state index contributed by atoms with van der Waals surface area (Å²) in [6.07, 6.45) is 7.13. The molecule has 3 heterocycles. The number of rotatable bonds is 2. The molecule has 2 aromatic heterocycles. The summed E-state index contributed by atoms with van der Waals surface area (Å²) in [6.45, 7) is 0. The molecular formula is C12H10N4S. The summed E-state index contributed by atoms with van der Waals surface area (Å²) in [5, 5.41) is 8.77. The fourth-order valence-corrected chi connectivity index (χ4v) is 2.73. The van der Waals surface area contributed by atoms with E-state index >= 15 is 0 Å². The van der Waals surface area contributed by atoms with Gasteiger partial charge in [0.05, 0.1) is 0 Å². The Hall–Kier alpha value is -1.75. The first kappa shape index (κ1) is 10.4. The first-order valence-corrected chi connectivity index (χ1v) is 6.23. The molecule has 3 rings (SSSR count). The van der Waals surface area contributed by atoms with Gasteiger partial charge >= 0.3 is 0 Å². The number of thioether (sulfide) groups is 1. The van der Waals surface area contributed by atoms with Gasteiger partial charge in [0.15, 0.2) is 0 Å².